The number of benzene rings is 1. The summed E-state index contributed by atoms with van der Waals surface area (Å²) in [5, 5.41) is 3.82. The molecule has 4 nitrogen and oxygen atoms in total. The van der Waals surface area contributed by atoms with Crippen molar-refractivity contribution in [3.05, 3.63) is 30.3 Å². The minimum Gasteiger partial charge on any atom is -0.265 e. The molecule has 0 aromatic heterocycles. The average molecular weight is 267 g/mol. The molecule has 0 amide bonds. The Balaban J connectivity index is 2.07. The zero-order valence-corrected chi connectivity index (χ0v) is 11.0. The highest BCUT2D eigenvalue weighted by molar-refractivity contribution is 7.86. The van der Waals surface area contributed by atoms with E-state index in [1.165, 1.54) is 25.0 Å². The van der Waals surface area contributed by atoms with Crippen LogP contribution in [-0.2, 0) is 14.4 Å². The van der Waals surface area contributed by atoms with Crippen LogP contribution in [0.3, 0.4) is 0 Å². The van der Waals surface area contributed by atoms with Crippen LogP contribution in [0.25, 0.3) is 0 Å². The van der Waals surface area contributed by atoms with E-state index in [9.17, 15) is 8.42 Å². The van der Waals surface area contributed by atoms with E-state index in [2.05, 4.69) is 5.16 Å². The van der Waals surface area contributed by atoms with Crippen LogP contribution in [0.4, 0.5) is 0 Å². The fourth-order valence-electron chi connectivity index (χ4n) is 1.96. The van der Waals surface area contributed by atoms with Crippen LogP contribution in [0.5, 0.6) is 0 Å². The van der Waals surface area contributed by atoms with Gasteiger partial charge >= 0.3 is 10.1 Å². The Morgan fingerprint density at radius 1 is 0.944 bits per heavy atom. The predicted octanol–water partition coefficient (Wildman–Crippen LogP) is 3.10. The summed E-state index contributed by atoms with van der Waals surface area (Å²) in [6.45, 7) is 0. The molecular formula is C13H17NO3S. The molecule has 0 bridgehead atoms. The van der Waals surface area contributed by atoms with E-state index in [0.717, 1.165) is 31.4 Å². The van der Waals surface area contributed by atoms with Gasteiger partial charge in [0.2, 0.25) is 0 Å². The lowest BCUT2D eigenvalue weighted by molar-refractivity contribution is 0.336. The Hall–Kier alpha value is -1.36. The average Bonchev–Trinajstić information content (AvgIpc) is 2.66. The van der Waals surface area contributed by atoms with Gasteiger partial charge in [-0.25, -0.2) is 0 Å². The number of hydrogen-bond acceptors (Lipinski definition) is 4. The predicted molar refractivity (Wildman–Crippen MR) is 69.8 cm³/mol. The molecule has 1 saturated carbocycles. The molecule has 1 fully saturated rings. The first kappa shape index (κ1) is 13.1. The Bertz CT molecular complexity index is 498. The van der Waals surface area contributed by atoms with Gasteiger partial charge < -0.3 is 0 Å². The highest BCUT2D eigenvalue weighted by Gasteiger charge is 2.15. The van der Waals surface area contributed by atoms with Crippen molar-refractivity contribution in [1.29, 1.82) is 0 Å². The van der Waals surface area contributed by atoms with E-state index < -0.39 is 10.1 Å². The smallest absolute Gasteiger partial charge is 0.265 e. The molecule has 0 spiro atoms. The van der Waals surface area contributed by atoms with Crippen LogP contribution in [0.15, 0.2) is 40.4 Å². The molecule has 98 valence electrons. The van der Waals surface area contributed by atoms with Gasteiger partial charge in [0.05, 0.1) is 5.71 Å². The van der Waals surface area contributed by atoms with Crippen molar-refractivity contribution < 1.29 is 12.7 Å². The first-order valence-electron chi connectivity index (χ1n) is 6.23. The van der Waals surface area contributed by atoms with Gasteiger partial charge in [0.15, 0.2) is 0 Å². The molecule has 18 heavy (non-hydrogen) atoms. The summed E-state index contributed by atoms with van der Waals surface area (Å²) in [7, 11) is -3.76. The summed E-state index contributed by atoms with van der Waals surface area (Å²) < 4.78 is 28.4. The summed E-state index contributed by atoms with van der Waals surface area (Å²) in [6.07, 6.45) is 6.17. The van der Waals surface area contributed by atoms with Crippen molar-refractivity contribution >= 4 is 15.8 Å². The topological polar surface area (TPSA) is 55.7 Å². The van der Waals surface area contributed by atoms with E-state index in [1.54, 1.807) is 18.2 Å². The minimum atomic E-state index is -3.76. The first-order valence-corrected chi connectivity index (χ1v) is 7.64. The highest BCUT2D eigenvalue weighted by Crippen LogP contribution is 2.17. The molecule has 0 heterocycles. The summed E-state index contributed by atoms with van der Waals surface area (Å²) in [4.78, 5) is 0.142. The lowest BCUT2D eigenvalue weighted by Gasteiger charge is -2.03. The second-order valence-electron chi connectivity index (χ2n) is 4.41. The van der Waals surface area contributed by atoms with Gasteiger partial charge in [-0.3, -0.25) is 4.28 Å². The molecule has 1 aliphatic carbocycles. The van der Waals surface area contributed by atoms with Crippen LogP contribution in [0, 0.1) is 0 Å². The fourth-order valence-corrected chi connectivity index (χ4v) is 2.74. The highest BCUT2D eigenvalue weighted by atomic mass is 32.2. The SMILES string of the molecule is O=S(=O)(ON=C1CCCCCC1)c1ccccc1. The van der Waals surface area contributed by atoms with Gasteiger partial charge in [-0.05, 0) is 37.8 Å². The number of hydrogen-bond donors (Lipinski definition) is 0. The second kappa shape index (κ2) is 6.00. The van der Waals surface area contributed by atoms with Crippen LogP contribution < -0.4 is 0 Å². The molecule has 0 atom stereocenters. The van der Waals surface area contributed by atoms with Crippen molar-refractivity contribution in [2.24, 2.45) is 5.16 Å². The summed E-state index contributed by atoms with van der Waals surface area (Å²) in [5.74, 6) is 0. The molecule has 0 unspecified atom stereocenters. The van der Waals surface area contributed by atoms with Crippen LogP contribution in [0.2, 0.25) is 0 Å². The monoisotopic (exact) mass is 267 g/mol. The first-order chi connectivity index (χ1) is 8.68. The van der Waals surface area contributed by atoms with Gasteiger partial charge in [0, 0.05) is 0 Å². The third kappa shape index (κ3) is 3.57. The summed E-state index contributed by atoms with van der Waals surface area (Å²) in [5.41, 5.74) is 0.854. The Morgan fingerprint density at radius 3 is 2.17 bits per heavy atom. The van der Waals surface area contributed by atoms with Gasteiger partial charge in [-0.1, -0.05) is 36.2 Å². The van der Waals surface area contributed by atoms with Gasteiger partial charge in [-0.2, -0.15) is 8.42 Å². The van der Waals surface area contributed by atoms with Gasteiger partial charge in [0.25, 0.3) is 0 Å². The summed E-state index contributed by atoms with van der Waals surface area (Å²) >= 11 is 0. The molecule has 0 aliphatic heterocycles. The molecule has 0 radical (unpaired) electrons. The molecular weight excluding hydrogens is 250 g/mol. The largest absolute Gasteiger partial charge is 0.358 e. The molecule has 0 saturated heterocycles. The standard InChI is InChI=1S/C13H17NO3S/c15-18(16,13-10-6-3-7-11-13)17-14-12-8-4-1-2-5-9-12/h3,6-7,10-11H,1-2,4-5,8-9H2. The van der Waals surface area contributed by atoms with E-state index in [4.69, 9.17) is 4.28 Å². The Kier molecular flexibility index (Phi) is 4.36. The lowest BCUT2D eigenvalue weighted by atomic mass is 10.2. The molecule has 0 N–H and O–H groups in total. The Morgan fingerprint density at radius 2 is 1.56 bits per heavy atom. The van der Waals surface area contributed by atoms with Gasteiger partial charge in [-0.15, -0.1) is 0 Å². The summed E-state index contributed by atoms with van der Waals surface area (Å²) in [6, 6.07) is 8.09. The Labute approximate surface area is 108 Å². The fraction of sp³-hybridized carbons (Fsp3) is 0.462. The van der Waals surface area contributed by atoms with Crippen LogP contribution in [-0.4, -0.2) is 14.1 Å². The minimum absolute atomic E-state index is 0.142. The maximum atomic E-state index is 11.8. The quantitative estimate of drug-likeness (QED) is 0.624. The number of nitrogens with zero attached hydrogens (tertiary/aromatic N) is 1. The van der Waals surface area contributed by atoms with Crippen molar-refractivity contribution in [3.63, 3.8) is 0 Å². The number of oxime groups is 1. The van der Waals surface area contributed by atoms with Crippen molar-refractivity contribution in [3.8, 4) is 0 Å². The maximum Gasteiger partial charge on any atom is 0.358 e. The molecule has 1 aliphatic rings. The van der Waals surface area contributed by atoms with Crippen LogP contribution >= 0.6 is 0 Å². The zero-order chi connectivity index (χ0) is 12.8. The van der Waals surface area contributed by atoms with Crippen molar-refractivity contribution in [1.82, 2.24) is 0 Å². The third-order valence-corrected chi connectivity index (χ3v) is 4.10. The van der Waals surface area contributed by atoms with E-state index in [1.807, 2.05) is 0 Å². The van der Waals surface area contributed by atoms with E-state index in [0.29, 0.717) is 0 Å². The zero-order valence-electron chi connectivity index (χ0n) is 10.2. The van der Waals surface area contributed by atoms with E-state index >= 15 is 0 Å². The molecule has 1 aromatic carbocycles. The van der Waals surface area contributed by atoms with Crippen molar-refractivity contribution in [2.45, 2.75) is 43.4 Å². The molecule has 2 rings (SSSR count). The van der Waals surface area contributed by atoms with Crippen molar-refractivity contribution in [2.75, 3.05) is 0 Å². The van der Waals surface area contributed by atoms with Gasteiger partial charge in [0.1, 0.15) is 4.90 Å². The second-order valence-corrected chi connectivity index (χ2v) is 5.94. The number of rotatable bonds is 3. The maximum absolute atomic E-state index is 11.8. The molecule has 5 heteroatoms. The normalized spacial score (nSPS) is 17.0. The third-order valence-electron chi connectivity index (χ3n) is 2.98. The molecule has 1 aromatic rings. The lowest BCUT2D eigenvalue weighted by Crippen LogP contribution is -2.05. The van der Waals surface area contributed by atoms with Crippen LogP contribution in [0.1, 0.15) is 38.5 Å². The van der Waals surface area contributed by atoms with E-state index in [-0.39, 0.29) is 4.90 Å².